The van der Waals surface area contributed by atoms with Gasteiger partial charge in [-0.15, -0.1) is 0 Å². The Labute approximate surface area is 124 Å². The number of hydrogen-bond donors (Lipinski definition) is 1. The molecule has 100 valence electrons. The number of nitrogens with two attached hydrogens (primary N) is 1. The standard InChI is InChI=1S/C16H17Cl2N/c1-10-3-4-12(7-11(10)2)8-16(19)13-5-6-14(17)15(18)9-13/h3-7,9,16H,8,19H2,1-2H3. The molecule has 0 saturated heterocycles. The van der Waals surface area contributed by atoms with Gasteiger partial charge in [-0.05, 0) is 54.7 Å². The Hall–Kier alpha value is -1.02. The van der Waals surface area contributed by atoms with Gasteiger partial charge in [0.05, 0.1) is 10.0 Å². The van der Waals surface area contributed by atoms with Gasteiger partial charge in [0.15, 0.2) is 0 Å². The molecule has 2 aromatic rings. The average molecular weight is 294 g/mol. The van der Waals surface area contributed by atoms with Gasteiger partial charge in [0, 0.05) is 6.04 Å². The van der Waals surface area contributed by atoms with E-state index in [9.17, 15) is 0 Å². The first-order valence-corrected chi connectivity index (χ1v) is 6.99. The molecule has 0 aliphatic carbocycles. The Bertz CT molecular complexity index is 593. The van der Waals surface area contributed by atoms with E-state index in [1.54, 1.807) is 6.07 Å². The van der Waals surface area contributed by atoms with E-state index in [1.807, 2.05) is 12.1 Å². The largest absolute Gasteiger partial charge is 0.324 e. The summed E-state index contributed by atoms with van der Waals surface area (Å²) in [5, 5.41) is 1.11. The first-order valence-electron chi connectivity index (χ1n) is 6.24. The Morgan fingerprint density at radius 1 is 0.947 bits per heavy atom. The van der Waals surface area contributed by atoms with Gasteiger partial charge < -0.3 is 5.73 Å². The fourth-order valence-electron chi connectivity index (χ4n) is 2.05. The molecule has 0 radical (unpaired) electrons. The second kappa shape index (κ2) is 5.96. The predicted octanol–water partition coefficient (Wildman–Crippen LogP) is 4.85. The zero-order valence-corrected chi connectivity index (χ0v) is 12.6. The molecule has 1 atom stereocenters. The van der Waals surface area contributed by atoms with Crippen molar-refractivity contribution in [2.75, 3.05) is 0 Å². The molecule has 2 rings (SSSR count). The normalized spacial score (nSPS) is 12.5. The number of hydrogen-bond acceptors (Lipinski definition) is 1. The highest BCUT2D eigenvalue weighted by molar-refractivity contribution is 6.42. The molecule has 0 heterocycles. The lowest BCUT2D eigenvalue weighted by atomic mass is 9.97. The molecule has 0 aliphatic rings. The number of aryl methyl sites for hydroxylation is 2. The maximum absolute atomic E-state index is 6.23. The van der Waals surface area contributed by atoms with Crippen LogP contribution in [0.4, 0.5) is 0 Å². The molecule has 1 unspecified atom stereocenters. The minimum absolute atomic E-state index is 0.0723. The van der Waals surface area contributed by atoms with E-state index in [-0.39, 0.29) is 6.04 Å². The van der Waals surface area contributed by atoms with Gasteiger partial charge in [-0.3, -0.25) is 0 Å². The van der Waals surface area contributed by atoms with Crippen LogP contribution in [0.5, 0.6) is 0 Å². The van der Waals surface area contributed by atoms with Crippen LogP contribution in [0.3, 0.4) is 0 Å². The van der Waals surface area contributed by atoms with Crippen LogP contribution in [-0.4, -0.2) is 0 Å². The molecule has 3 heteroatoms. The van der Waals surface area contributed by atoms with Crippen molar-refractivity contribution in [3.05, 3.63) is 68.7 Å². The van der Waals surface area contributed by atoms with Crippen LogP contribution >= 0.6 is 23.2 Å². The van der Waals surface area contributed by atoms with Crippen molar-refractivity contribution < 1.29 is 0 Å². The SMILES string of the molecule is Cc1ccc(CC(N)c2ccc(Cl)c(Cl)c2)cc1C. The number of benzene rings is 2. The van der Waals surface area contributed by atoms with Gasteiger partial charge in [0.25, 0.3) is 0 Å². The van der Waals surface area contributed by atoms with Crippen molar-refractivity contribution in [1.82, 2.24) is 0 Å². The fourth-order valence-corrected chi connectivity index (χ4v) is 2.35. The van der Waals surface area contributed by atoms with Gasteiger partial charge in [-0.1, -0.05) is 47.5 Å². The van der Waals surface area contributed by atoms with E-state index in [1.165, 1.54) is 16.7 Å². The molecule has 1 nitrogen and oxygen atoms in total. The van der Waals surface area contributed by atoms with Crippen molar-refractivity contribution in [2.45, 2.75) is 26.3 Å². The molecule has 0 aliphatic heterocycles. The zero-order valence-electron chi connectivity index (χ0n) is 11.1. The molecule has 19 heavy (non-hydrogen) atoms. The second-order valence-corrected chi connectivity index (χ2v) is 5.72. The van der Waals surface area contributed by atoms with Gasteiger partial charge >= 0.3 is 0 Å². The zero-order chi connectivity index (χ0) is 14.0. The van der Waals surface area contributed by atoms with Gasteiger partial charge in [-0.2, -0.15) is 0 Å². The maximum Gasteiger partial charge on any atom is 0.0595 e. The number of halogens is 2. The lowest BCUT2D eigenvalue weighted by molar-refractivity contribution is 0.721. The molecule has 0 fully saturated rings. The third-order valence-electron chi connectivity index (χ3n) is 3.40. The fraction of sp³-hybridized carbons (Fsp3) is 0.250. The number of rotatable bonds is 3. The quantitative estimate of drug-likeness (QED) is 0.860. The van der Waals surface area contributed by atoms with Gasteiger partial charge in [0.2, 0.25) is 0 Å². The molecule has 0 aromatic heterocycles. The third-order valence-corrected chi connectivity index (χ3v) is 4.14. The summed E-state index contributed by atoms with van der Waals surface area (Å²) in [6.45, 7) is 4.22. The van der Waals surface area contributed by atoms with E-state index >= 15 is 0 Å². The van der Waals surface area contributed by atoms with Crippen molar-refractivity contribution in [1.29, 1.82) is 0 Å². The van der Waals surface area contributed by atoms with Gasteiger partial charge in [-0.25, -0.2) is 0 Å². The summed E-state index contributed by atoms with van der Waals surface area (Å²) in [6.07, 6.45) is 0.791. The molecule has 0 saturated carbocycles. The monoisotopic (exact) mass is 293 g/mol. The summed E-state index contributed by atoms with van der Waals surface area (Å²) in [5.41, 5.74) is 11.1. The molecular formula is C16H17Cl2N. The summed E-state index contributed by atoms with van der Waals surface area (Å²) >= 11 is 11.9. The van der Waals surface area contributed by atoms with Crippen LogP contribution in [0.25, 0.3) is 0 Å². The molecular weight excluding hydrogens is 277 g/mol. The summed E-state index contributed by atoms with van der Waals surface area (Å²) < 4.78 is 0. The topological polar surface area (TPSA) is 26.0 Å². The summed E-state index contributed by atoms with van der Waals surface area (Å²) in [7, 11) is 0. The summed E-state index contributed by atoms with van der Waals surface area (Å²) in [6, 6.07) is 11.9. The Morgan fingerprint density at radius 2 is 1.68 bits per heavy atom. The summed E-state index contributed by atoms with van der Waals surface area (Å²) in [5.74, 6) is 0. The molecule has 2 aromatic carbocycles. The smallest absolute Gasteiger partial charge is 0.0595 e. The predicted molar refractivity (Wildman–Crippen MR) is 83.0 cm³/mol. The maximum atomic E-state index is 6.23. The summed E-state index contributed by atoms with van der Waals surface area (Å²) in [4.78, 5) is 0. The Kier molecular flexibility index (Phi) is 4.51. The Balaban J connectivity index is 2.17. The average Bonchev–Trinajstić information content (AvgIpc) is 2.37. The van der Waals surface area contributed by atoms with E-state index in [2.05, 4.69) is 32.0 Å². The lowest BCUT2D eigenvalue weighted by Gasteiger charge is -2.14. The van der Waals surface area contributed by atoms with Crippen molar-refractivity contribution in [2.24, 2.45) is 5.73 Å². The first kappa shape index (κ1) is 14.4. The van der Waals surface area contributed by atoms with Crippen LogP contribution in [0, 0.1) is 13.8 Å². The van der Waals surface area contributed by atoms with Crippen LogP contribution in [0.1, 0.15) is 28.3 Å². The molecule has 0 amide bonds. The van der Waals surface area contributed by atoms with Crippen LogP contribution < -0.4 is 5.73 Å². The van der Waals surface area contributed by atoms with Crippen LogP contribution in [0.15, 0.2) is 36.4 Å². The van der Waals surface area contributed by atoms with Crippen LogP contribution in [0.2, 0.25) is 10.0 Å². The third kappa shape index (κ3) is 3.50. The second-order valence-electron chi connectivity index (χ2n) is 4.90. The highest BCUT2D eigenvalue weighted by Gasteiger charge is 2.09. The van der Waals surface area contributed by atoms with E-state index in [0.717, 1.165) is 12.0 Å². The van der Waals surface area contributed by atoms with Crippen LogP contribution in [-0.2, 0) is 6.42 Å². The van der Waals surface area contributed by atoms with E-state index in [4.69, 9.17) is 28.9 Å². The van der Waals surface area contributed by atoms with Crippen molar-refractivity contribution in [3.63, 3.8) is 0 Å². The van der Waals surface area contributed by atoms with E-state index < -0.39 is 0 Å². The van der Waals surface area contributed by atoms with Gasteiger partial charge in [0.1, 0.15) is 0 Å². The lowest BCUT2D eigenvalue weighted by Crippen LogP contribution is -2.13. The molecule has 0 spiro atoms. The minimum Gasteiger partial charge on any atom is -0.324 e. The van der Waals surface area contributed by atoms with E-state index in [0.29, 0.717) is 10.0 Å². The Morgan fingerprint density at radius 3 is 2.32 bits per heavy atom. The molecule has 2 N–H and O–H groups in total. The first-order chi connectivity index (χ1) is 8.97. The highest BCUT2D eigenvalue weighted by Crippen LogP contribution is 2.26. The minimum atomic E-state index is -0.0723. The van der Waals surface area contributed by atoms with Crippen molar-refractivity contribution >= 4 is 23.2 Å². The molecule has 0 bridgehead atoms. The highest BCUT2D eigenvalue weighted by atomic mass is 35.5. The van der Waals surface area contributed by atoms with Crippen molar-refractivity contribution in [3.8, 4) is 0 Å².